The van der Waals surface area contributed by atoms with Crippen LogP contribution in [-0.2, 0) is 9.53 Å². The molecule has 1 unspecified atom stereocenters. The van der Waals surface area contributed by atoms with E-state index in [1.54, 1.807) is 0 Å². The highest BCUT2D eigenvalue weighted by Crippen LogP contribution is 2.37. The highest BCUT2D eigenvalue weighted by molar-refractivity contribution is 5.78. The average molecular weight is 270 g/mol. The molecule has 0 aromatic carbocycles. The molecule has 0 aromatic heterocycles. The lowest BCUT2D eigenvalue weighted by Gasteiger charge is -2.29. The van der Waals surface area contributed by atoms with Crippen molar-refractivity contribution in [1.82, 2.24) is 10.6 Å². The van der Waals surface area contributed by atoms with Crippen LogP contribution in [0.3, 0.4) is 0 Å². The second kappa shape index (κ2) is 5.41. The molecule has 1 rings (SSSR count). The van der Waals surface area contributed by atoms with Gasteiger partial charge in [0.1, 0.15) is 0 Å². The van der Waals surface area contributed by atoms with E-state index in [4.69, 9.17) is 4.74 Å². The molecular formula is C15H30N2O2. The van der Waals surface area contributed by atoms with E-state index in [1.165, 1.54) is 0 Å². The van der Waals surface area contributed by atoms with E-state index in [0.29, 0.717) is 6.54 Å². The van der Waals surface area contributed by atoms with Gasteiger partial charge in [0.05, 0.1) is 17.7 Å². The van der Waals surface area contributed by atoms with Crippen LogP contribution in [0, 0.1) is 0 Å². The predicted molar refractivity (Wildman–Crippen MR) is 78.2 cm³/mol. The van der Waals surface area contributed by atoms with Crippen molar-refractivity contribution in [2.75, 3.05) is 6.54 Å². The van der Waals surface area contributed by atoms with E-state index in [-0.39, 0.29) is 28.7 Å². The quantitative estimate of drug-likeness (QED) is 0.805. The number of hydrogen-bond donors (Lipinski definition) is 2. The van der Waals surface area contributed by atoms with Gasteiger partial charge in [0, 0.05) is 11.6 Å². The van der Waals surface area contributed by atoms with E-state index < -0.39 is 0 Å². The summed E-state index contributed by atoms with van der Waals surface area (Å²) >= 11 is 0. The van der Waals surface area contributed by atoms with Gasteiger partial charge in [-0.25, -0.2) is 0 Å². The number of carbonyl (C=O) groups excluding carboxylic acids is 1. The van der Waals surface area contributed by atoms with Crippen LogP contribution in [-0.4, -0.2) is 35.2 Å². The molecule has 1 fully saturated rings. The van der Waals surface area contributed by atoms with Crippen LogP contribution in [0.5, 0.6) is 0 Å². The predicted octanol–water partition coefficient (Wildman–Crippen LogP) is 2.23. The summed E-state index contributed by atoms with van der Waals surface area (Å²) in [5.41, 5.74) is -0.496. The van der Waals surface area contributed by atoms with Gasteiger partial charge in [-0.05, 0) is 54.4 Å². The summed E-state index contributed by atoms with van der Waals surface area (Å²) in [6.45, 7) is 14.8. The number of amides is 1. The Labute approximate surface area is 117 Å². The average Bonchev–Trinajstić information content (AvgIpc) is 2.43. The third kappa shape index (κ3) is 4.77. The van der Waals surface area contributed by atoms with Crippen LogP contribution in [0.15, 0.2) is 0 Å². The number of carbonyl (C=O) groups is 1. The minimum Gasteiger partial charge on any atom is -0.368 e. The summed E-state index contributed by atoms with van der Waals surface area (Å²) in [4.78, 5) is 11.9. The zero-order valence-electron chi connectivity index (χ0n) is 13.5. The van der Waals surface area contributed by atoms with Crippen molar-refractivity contribution in [3.05, 3.63) is 0 Å². The first-order valence-corrected chi connectivity index (χ1v) is 7.22. The molecule has 1 amide bonds. The minimum atomic E-state index is -0.232. The summed E-state index contributed by atoms with van der Waals surface area (Å²) in [5.74, 6) is 0.0485. The molecule has 0 aromatic rings. The first-order valence-electron chi connectivity index (χ1n) is 7.22. The molecule has 0 aliphatic carbocycles. The van der Waals surface area contributed by atoms with Gasteiger partial charge in [-0.3, -0.25) is 4.79 Å². The summed E-state index contributed by atoms with van der Waals surface area (Å²) in [5, 5.41) is 6.37. The molecule has 0 spiro atoms. The third-order valence-corrected chi connectivity index (χ3v) is 3.94. The standard InChI is InChI=1S/C15H30N2O2/c1-8-13(2,3)17-12(18)10-16-11-9-14(4,5)19-15(11,6)7/h11,16H,8-10H2,1-7H3,(H,17,18). The Balaban J connectivity index is 2.47. The van der Waals surface area contributed by atoms with Gasteiger partial charge in [-0.15, -0.1) is 0 Å². The van der Waals surface area contributed by atoms with Crippen molar-refractivity contribution >= 4 is 5.91 Å². The van der Waals surface area contributed by atoms with Gasteiger partial charge >= 0.3 is 0 Å². The van der Waals surface area contributed by atoms with Gasteiger partial charge in [0.15, 0.2) is 0 Å². The molecule has 1 saturated heterocycles. The summed E-state index contributed by atoms with van der Waals surface area (Å²) in [7, 11) is 0. The SMILES string of the molecule is CCC(C)(C)NC(=O)CNC1CC(C)(C)OC1(C)C. The van der Waals surface area contributed by atoms with Gasteiger partial charge in [0.25, 0.3) is 0 Å². The van der Waals surface area contributed by atoms with Crippen molar-refractivity contribution in [2.24, 2.45) is 0 Å². The summed E-state index contributed by atoms with van der Waals surface area (Å²) in [6, 6.07) is 0.206. The van der Waals surface area contributed by atoms with Crippen LogP contribution in [0.1, 0.15) is 61.3 Å². The summed E-state index contributed by atoms with van der Waals surface area (Å²) in [6.07, 6.45) is 1.84. The highest BCUT2D eigenvalue weighted by atomic mass is 16.5. The first-order chi connectivity index (χ1) is 8.47. The fourth-order valence-corrected chi connectivity index (χ4v) is 2.61. The molecule has 1 heterocycles. The fraction of sp³-hybridized carbons (Fsp3) is 0.933. The second-order valence-corrected chi connectivity index (χ2v) is 7.39. The van der Waals surface area contributed by atoms with E-state index >= 15 is 0 Å². The van der Waals surface area contributed by atoms with E-state index in [1.807, 2.05) is 13.8 Å². The normalized spacial score (nSPS) is 25.3. The summed E-state index contributed by atoms with van der Waals surface area (Å²) < 4.78 is 6.01. The molecule has 1 aliphatic rings. The molecule has 4 nitrogen and oxygen atoms in total. The molecule has 4 heteroatoms. The van der Waals surface area contributed by atoms with Crippen molar-refractivity contribution in [1.29, 1.82) is 0 Å². The largest absolute Gasteiger partial charge is 0.368 e. The Morgan fingerprint density at radius 2 is 1.89 bits per heavy atom. The lowest BCUT2D eigenvalue weighted by molar-refractivity contribution is -0.122. The lowest BCUT2D eigenvalue weighted by Crippen LogP contribution is -2.51. The van der Waals surface area contributed by atoms with Crippen LogP contribution in [0.2, 0.25) is 0 Å². The van der Waals surface area contributed by atoms with E-state index in [2.05, 4.69) is 45.3 Å². The zero-order chi connectivity index (χ0) is 14.9. The Bertz CT molecular complexity index is 335. The van der Waals surface area contributed by atoms with E-state index in [0.717, 1.165) is 12.8 Å². The highest BCUT2D eigenvalue weighted by Gasteiger charge is 2.45. The maximum Gasteiger partial charge on any atom is 0.234 e. The molecule has 0 radical (unpaired) electrons. The van der Waals surface area contributed by atoms with Crippen LogP contribution >= 0.6 is 0 Å². The van der Waals surface area contributed by atoms with Gasteiger partial charge in [0.2, 0.25) is 5.91 Å². The molecule has 1 atom stereocenters. The fourth-order valence-electron chi connectivity index (χ4n) is 2.61. The zero-order valence-corrected chi connectivity index (χ0v) is 13.5. The maximum atomic E-state index is 11.9. The molecule has 1 aliphatic heterocycles. The smallest absolute Gasteiger partial charge is 0.234 e. The Hall–Kier alpha value is -0.610. The van der Waals surface area contributed by atoms with Crippen LogP contribution < -0.4 is 10.6 Å². The van der Waals surface area contributed by atoms with Crippen molar-refractivity contribution < 1.29 is 9.53 Å². The van der Waals surface area contributed by atoms with Crippen molar-refractivity contribution in [3.8, 4) is 0 Å². The Kier molecular flexibility index (Phi) is 4.68. The molecule has 0 saturated carbocycles. The lowest BCUT2D eigenvalue weighted by atomic mass is 9.94. The first kappa shape index (κ1) is 16.4. The number of ether oxygens (including phenoxy) is 1. The molecular weight excluding hydrogens is 240 g/mol. The van der Waals surface area contributed by atoms with E-state index in [9.17, 15) is 4.79 Å². The molecule has 0 bridgehead atoms. The van der Waals surface area contributed by atoms with Crippen LogP contribution in [0.4, 0.5) is 0 Å². The number of hydrogen-bond acceptors (Lipinski definition) is 3. The van der Waals surface area contributed by atoms with Gasteiger partial charge in [-0.2, -0.15) is 0 Å². The third-order valence-electron chi connectivity index (χ3n) is 3.94. The Morgan fingerprint density at radius 3 is 2.32 bits per heavy atom. The Morgan fingerprint density at radius 1 is 1.32 bits per heavy atom. The number of nitrogens with one attached hydrogen (secondary N) is 2. The van der Waals surface area contributed by atoms with Crippen molar-refractivity contribution in [2.45, 2.75) is 84.1 Å². The molecule has 19 heavy (non-hydrogen) atoms. The maximum absolute atomic E-state index is 11.9. The van der Waals surface area contributed by atoms with Gasteiger partial charge in [-0.1, -0.05) is 6.92 Å². The second-order valence-electron chi connectivity index (χ2n) is 7.39. The van der Waals surface area contributed by atoms with Crippen molar-refractivity contribution in [3.63, 3.8) is 0 Å². The minimum absolute atomic E-state index is 0.0485. The topological polar surface area (TPSA) is 50.4 Å². The monoisotopic (exact) mass is 270 g/mol. The molecule has 112 valence electrons. The molecule has 2 N–H and O–H groups in total. The number of rotatable bonds is 5. The van der Waals surface area contributed by atoms with Crippen LogP contribution in [0.25, 0.3) is 0 Å². The van der Waals surface area contributed by atoms with Gasteiger partial charge < -0.3 is 15.4 Å².